The van der Waals surface area contributed by atoms with E-state index in [-0.39, 0.29) is 23.0 Å². The number of carbonyl (C=O) groups is 2. The van der Waals surface area contributed by atoms with Crippen LogP contribution in [0.1, 0.15) is 122 Å². The van der Waals surface area contributed by atoms with Crippen molar-refractivity contribution >= 4 is 43.6 Å². The van der Waals surface area contributed by atoms with E-state index in [0.29, 0.717) is 30.5 Å². The molecule has 2 amide bonds. The van der Waals surface area contributed by atoms with Gasteiger partial charge in [0.2, 0.25) is 0 Å². The Labute approximate surface area is 332 Å². The first kappa shape index (κ1) is 41.1. The van der Waals surface area contributed by atoms with Gasteiger partial charge in [0.25, 0.3) is 0 Å². The molecule has 1 saturated carbocycles. The van der Waals surface area contributed by atoms with Crippen molar-refractivity contribution in [3.63, 3.8) is 0 Å². The molecule has 302 valence electrons. The lowest BCUT2D eigenvalue weighted by molar-refractivity contribution is 0.0429. The highest BCUT2D eigenvalue weighted by molar-refractivity contribution is 6.74. The summed E-state index contributed by atoms with van der Waals surface area (Å²) in [5.74, 6) is 2.23. The van der Waals surface area contributed by atoms with Crippen molar-refractivity contribution in [2.45, 2.75) is 149 Å². The number of nitrogens with zero attached hydrogens (tertiary/aromatic N) is 7. The van der Waals surface area contributed by atoms with Gasteiger partial charge >= 0.3 is 12.2 Å². The molecule has 0 unspecified atom stereocenters. The maximum Gasteiger partial charge on any atom is 0.425 e. The quantitative estimate of drug-likeness (QED) is 0.163. The minimum absolute atomic E-state index is 0.0231. The van der Waals surface area contributed by atoms with E-state index < -0.39 is 31.7 Å². The summed E-state index contributed by atoms with van der Waals surface area (Å²) in [5.41, 5.74) is 4.01. The van der Waals surface area contributed by atoms with Crippen molar-refractivity contribution in [2.75, 3.05) is 21.7 Å². The van der Waals surface area contributed by atoms with E-state index >= 15 is 0 Å². The molecule has 6 rings (SSSR count). The molecule has 1 aliphatic carbocycles. The molecule has 1 N–H and O–H groups in total. The zero-order valence-electron chi connectivity index (χ0n) is 35.5. The number of imide groups is 1. The number of aromatic nitrogens is 5. The number of aryl methyl sites for hydroxylation is 2. The summed E-state index contributed by atoms with van der Waals surface area (Å²) in [6, 6.07) is 7.98. The monoisotopic (exact) mass is 784 g/mol. The fraction of sp³-hybridized carbons (Fsp3) is 0.571. The third-order valence-electron chi connectivity index (χ3n) is 10.7. The fourth-order valence-corrected chi connectivity index (χ4v) is 8.09. The minimum atomic E-state index is -2.05. The van der Waals surface area contributed by atoms with Gasteiger partial charge in [-0.05, 0) is 121 Å². The summed E-state index contributed by atoms with van der Waals surface area (Å²) < 4.78 is 20.3. The van der Waals surface area contributed by atoms with Gasteiger partial charge in [-0.15, -0.1) is 0 Å². The lowest BCUT2D eigenvalue weighted by Gasteiger charge is -2.38. The van der Waals surface area contributed by atoms with Gasteiger partial charge in [0.05, 0.1) is 17.8 Å². The molecular weight excluding hydrogens is 725 g/mol. The lowest BCUT2D eigenvalue weighted by atomic mass is 10.1. The van der Waals surface area contributed by atoms with Crippen LogP contribution in [0, 0.1) is 13.8 Å². The number of fused-ring (bicyclic) bond motifs is 1. The van der Waals surface area contributed by atoms with E-state index in [4.69, 9.17) is 23.9 Å². The number of hydrogen-bond acceptors (Lipinski definition) is 11. The second-order valence-electron chi connectivity index (χ2n) is 18.8. The van der Waals surface area contributed by atoms with Gasteiger partial charge in [0, 0.05) is 43.7 Å². The third-order valence-corrected chi connectivity index (χ3v) is 15.3. The van der Waals surface area contributed by atoms with E-state index in [1.165, 1.54) is 18.4 Å². The zero-order valence-corrected chi connectivity index (χ0v) is 36.5. The Balaban J connectivity index is 1.25. The largest absolute Gasteiger partial charge is 0.443 e. The van der Waals surface area contributed by atoms with Crippen LogP contribution in [-0.4, -0.2) is 68.7 Å². The lowest BCUT2D eigenvalue weighted by Crippen LogP contribution is -2.44. The number of amides is 2. The van der Waals surface area contributed by atoms with Crippen molar-refractivity contribution in [2.24, 2.45) is 0 Å². The van der Waals surface area contributed by atoms with Crippen LogP contribution in [0.3, 0.4) is 0 Å². The Hall–Kier alpha value is -4.56. The molecule has 5 heterocycles. The van der Waals surface area contributed by atoms with E-state index in [2.05, 4.69) is 83.0 Å². The molecule has 0 aromatic carbocycles. The second kappa shape index (κ2) is 15.1. The summed E-state index contributed by atoms with van der Waals surface area (Å²) in [4.78, 5) is 48.9. The van der Waals surface area contributed by atoms with Gasteiger partial charge in [-0.3, -0.25) is 0 Å². The minimum Gasteiger partial charge on any atom is -0.443 e. The molecule has 0 radical (unpaired) electrons. The van der Waals surface area contributed by atoms with Gasteiger partial charge in [-0.2, -0.15) is 4.90 Å². The SMILES string of the molecule is Cc1cc(N(C(=O)OC(C)(C)C)C(=O)OC(C)(C)C)nc(C)c1CNc1cc(N2C[C@@H](O[Si](C)(C)C(C)(C)C)C[C@@H]2c2cn3cc(C4CC4)ccc3n2)ncn1. The predicted octanol–water partition coefficient (Wildman–Crippen LogP) is 9.64. The first-order valence-corrected chi connectivity index (χ1v) is 22.6. The van der Waals surface area contributed by atoms with Gasteiger partial charge in [0.1, 0.15) is 40.6 Å². The summed E-state index contributed by atoms with van der Waals surface area (Å²) in [7, 11) is -2.05. The molecule has 1 saturated heterocycles. The Morgan fingerprint density at radius 2 is 1.57 bits per heavy atom. The second-order valence-corrected chi connectivity index (χ2v) is 23.6. The van der Waals surface area contributed by atoms with Crippen molar-refractivity contribution in [3.8, 4) is 0 Å². The van der Waals surface area contributed by atoms with E-state index in [1.807, 2.05) is 19.9 Å². The van der Waals surface area contributed by atoms with Gasteiger partial charge < -0.3 is 28.5 Å². The normalized spacial score (nSPS) is 18.0. The number of anilines is 3. The topological polar surface area (TPSA) is 136 Å². The maximum atomic E-state index is 13.3. The first-order chi connectivity index (χ1) is 26.0. The van der Waals surface area contributed by atoms with E-state index in [0.717, 1.165) is 39.6 Å². The highest BCUT2D eigenvalue weighted by atomic mass is 28.4. The third kappa shape index (κ3) is 9.51. The number of rotatable bonds is 9. The summed E-state index contributed by atoms with van der Waals surface area (Å²) >= 11 is 0. The van der Waals surface area contributed by atoms with Crippen LogP contribution in [0.25, 0.3) is 5.65 Å². The molecule has 0 spiro atoms. The molecule has 2 aliphatic rings. The van der Waals surface area contributed by atoms with Crippen LogP contribution < -0.4 is 15.1 Å². The molecule has 2 atom stereocenters. The van der Waals surface area contributed by atoms with E-state index in [9.17, 15) is 9.59 Å². The smallest absolute Gasteiger partial charge is 0.425 e. The van der Waals surface area contributed by atoms with Gasteiger partial charge in [-0.25, -0.2) is 29.5 Å². The van der Waals surface area contributed by atoms with Crippen LogP contribution >= 0.6 is 0 Å². The number of hydrogen-bond donors (Lipinski definition) is 1. The molecule has 1 aliphatic heterocycles. The van der Waals surface area contributed by atoms with Crippen LogP contribution in [-0.2, 0) is 20.4 Å². The molecule has 56 heavy (non-hydrogen) atoms. The number of nitrogens with one attached hydrogen (secondary N) is 1. The summed E-state index contributed by atoms with van der Waals surface area (Å²) in [5, 5.41) is 3.55. The van der Waals surface area contributed by atoms with Crippen molar-refractivity contribution < 1.29 is 23.5 Å². The molecular formula is C42H60N8O5Si. The van der Waals surface area contributed by atoms with Gasteiger partial charge in [-0.1, -0.05) is 26.8 Å². The standard InChI is InChI=1S/C42H60N8O5Si/c1-26-18-37(50(38(51)53-40(3,4)5)39(52)54-41(6,7)8)46-27(2)31(26)21-43-34-20-36(45-25-44-34)49-23-30(55-56(12,13)42(9,10)11)19-33(49)32-24-48-22-29(28-14-15-28)16-17-35(48)47-32/h16-18,20,22,24-25,28,30,33H,14-15,19,21,23H2,1-13H3,(H,43,44,45)/t30-,33+/m0/s1. The molecule has 14 heteroatoms. The van der Waals surface area contributed by atoms with Gasteiger partial charge in [0.15, 0.2) is 8.32 Å². The van der Waals surface area contributed by atoms with Crippen LogP contribution in [0.4, 0.5) is 27.0 Å². The Morgan fingerprint density at radius 3 is 2.16 bits per heavy atom. The Bertz CT molecular complexity index is 2040. The predicted molar refractivity (Wildman–Crippen MR) is 222 cm³/mol. The molecule has 13 nitrogen and oxygen atoms in total. The summed E-state index contributed by atoms with van der Waals surface area (Å²) in [6.45, 7) is 26.7. The molecule has 2 fully saturated rings. The van der Waals surface area contributed by atoms with Crippen LogP contribution in [0.15, 0.2) is 43.0 Å². The van der Waals surface area contributed by atoms with Crippen molar-refractivity contribution in [1.29, 1.82) is 0 Å². The number of pyridine rings is 2. The molecule has 4 aromatic heterocycles. The zero-order chi connectivity index (χ0) is 41.0. The fourth-order valence-electron chi connectivity index (χ4n) is 6.73. The van der Waals surface area contributed by atoms with Crippen molar-refractivity contribution in [1.82, 2.24) is 24.3 Å². The summed E-state index contributed by atoms with van der Waals surface area (Å²) in [6.07, 6.45) is 7.60. The highest BCUT2D eigenvalue weighted by Crippen LogP contribution is 2.43. The Morgan fingerprint density at radius 1 is 0.911 bits per heavy atom. The highest BCUT2D eigenvalue weighted by Gasteiger charge is 2.44. The average molecular weight is 785 g/mol. The number of ether oxygens (including phenoxy) is 2. The van der Waals surface area contributed by atoms with Crippen molar-refractivity contribution in [3.05, 3.63) is 71.1 Å². The molecule has 0 bridgehead atoms. The first-order valence-electron chi connectivity index (χ1n) is 19.7. The maximum absolute atomic E-state index is 13.3. The van der Waals surface area contributed by atoms with Crippen LogP contribution in [0.5, 0.6) is 0 Å². The average Bonchev–Trinajstić information content (AvgIpc) is 3.69. The number of carbonyl (C=O) groups excluding carboxylic acids is 2. The molecule has 4 aromatic rings. The Kier molecular flexibility index (Phi) is 11.1. The van der Waals surface area contributed by atoms with E-state index in [1.54, 1.807) is 53.9 Å². The number of imidazole rings is 1. The van der Waals surface area contributed by atoms with Crippen LogP contribution in [0.2, 0.25) is 18.1 Å².